The van der Waals surface area contributed by atoms with Crippen LogP contribution in [-0.4, -0.2) is 91.7 Å². The van der Waals surface area contributed by atoms with Crippen molar-refractivity contribution in [1.82, 2.24) is 14.8 Å². The second kappa shape index (κ2) is 16.3. The molecule has 0 aromatic carbocycles. The van der Waals surface area contributed by atoms with Crippen LogP contribution in [0.3, 0.4) is 0 Å². The van der Waals surface area contributed by atoms with E-state index in [1.807, 2.05) is 18.7 Å². The molecule has 0 bridgehead atoms. The number of carbonyl (C=O) groups is 3. The molecule has 2 fully saturated rings. The van der Waals surface area contributed by atoms with E-state index in [2.05, 4.69) is 33.0 Å². The van der Waals surface area contributed by atoms with Gasteiger partial charge in [-0.05, 0) is 62.5 Å². The standard InChI is InChI=1S/C19H25N3O.3C2HF3O2/c1-6-19(16-21(10-1)13-18-5-12-23-15-18)7-2-11-22(19)14-17-3-8-20-9-4-17;3*3-2(4,5)1(6)7/h3-5,8-9,12,15H,1-2,6-7,10-11,13-14,16H2;3*(H,6,7). The highest BCUT2D eigenvalue weighted by molar-refractivity contribution is 5.73. The summed E-state index contributed by atoms with van der Waals surface area (Å²) in [6.45, 7) is 5.69. The summed E-state index contributed by atoms with van der Waals surface area (Å²) in [7, 11) is 0. The maximum atomic E-state index is 10.6. The predicted octanol–water partition coefficient (Wildman–Crippen LogP) is 5.21. The molecule has 0 saturated carbocycles. The number of hydrogen-bond acceptors (Lipinski definition) is 7. The van der Waals surface area contributed by atoms with E-state index in [1.165, 1.54) is 56.4 Å². The summed E-state index contributed by atoms with van der Waals surface area (Å²) in [5, 5.41) is 21.4. The van der Waals surface area contributed by atoms with Crippen molar-refractivity contribution >= 4 is 17.9 Å². The van der Waals surface area contributed by atoms with Gasteiger partial charge in [0, 0.05) is 43.1 Å². The second-order valence-corrected chi connectivity index (χ2v) is 9.46. The van der Waals surface area contributed by atoms with Crippen molar-refractivity contribution < 1.29 is 73.6 Å². The molecule has 10 nitrogen and oxygen atoms in total. The number of nitrogens with zero attached hydrogens (tertiary/aromatic N) is 3. The fourth-order valence-corrected chi connectivity index (χ4v) is 4.39. The average Bonchev–Trinajstić information content (AvgIpc) is 3.54. The van der Waals surface area contributed by atoms with Crippen LogP contribution in [0.15, 0.2) is 47.5 Å². The highest BCUT2D eigenvalue weighted by Crippen LogP contribution is 2.38. The van der Waals surface area contributed by atoms with Crippen molar-refractivity contribution in [3.05, 3.63) is 54.2 Å². The third-order valence-electron chi connectivity index (χ3n) is 6.21. The lowest BCUT2D eigenvalue weighted by Crippen LogP contribution is -2.55. The van der Waals surface area contributed by atoms with Crippen LogP contribution in [-0.2, 0) is 27.5 Å². The Morgan fingerprint density at radius 3 is 1.61 bits per heavy atom. The Morgan fingerprint density at radius 1 is 0.750 bits per heavy atom. The molecule has 0 aliphatic carbocycles. The Hall–Kier alpha value is -3.87. The van der Waals surface area contributed by atoms with Crippen LogP contribution >= 0.6 is 0 Å². The SMILES string of the molecule is O=C(O)C(F)(F)F.O=C(O)C(F)(F)F.O=C(O)C(F)(F)F.c1cc(CN2CCCC23CCCN(Cc2ccoc2)C3)ccn1. The van der Waals surface area contributed by atoms with Crippen LogP contribution in [0.1, 0.15) is 36.8 Å². The quantitative estimate of drug-likeness (QED) is 0.377. The highest BCUT2D eigenvalue weighted by atomic mass is 19.4. The molecule has 2 aliphatic rings. The summed E-state index contributed by atoms with van der Waals surface area (Å²) in [4.78, 5) is 36.2. The molecule has 2 aromatic rings. The van der Waals surface area contributed by atoms with Gasteiger partial charge in [0.1, 0.15) is 0 Å². The summed E-state index contributed by atoms with van der Waals surface area (Å²) in [6.07, 6.45) is -2.49. The molecule has 1 unspecified atom stereocenters. The van der Waals surface area contributed by atoms with Crippen molar-refractivity contribution in [2.45, 2.75) is 62.8 Å². The van der Waals surface area contributed by atoms with Gasteiger partial charge in [-0.25, -0.2) is 14.4 Å². The lowest BCUT2D eigenvalue weighted by Gasteiger charge is -2.46. The summed E-state index contributed by atoms with van der Waals surface area (Å²) < 4.78 is 100. The fraction of sp³-hybridized carbons (Fsp3) is 0.520. The molecule has 1 spiro atoms. The molecule has 2 saturated heterocycles. The first-order valence-corrected chi connectivity index (χ1v) is 12.4. The van der Waals surface area contributed by atoms with E-state index >= 15 is 0 Å². The van der Waals surface area contributed by atoms with Gasteiger partial charge in [-0.1, -0.05) is 0 Å². The molecule has 4 rings (SSSR count). The van der Waals surface area contributed by atoms with Gasteiger partial charge < -0.3 is 19.7 Å². The van der Waals surface area contributed by atoms with Crippen molar-refractivity contribution in [2.75, 3.05) is 19.6 Å². The molecular formula is C25H28F9N3O7. The van der Waals surface area contributed by atoms with Crippen molar-refractivity contribution in [2.24, 2.45) is 0 Å². The van der Waals surface area contributed by atoms with Crippen LogP contribution in [0.2, 0.25) is 0 Å². The first-order valence-electron chi connectivity index (χ1n) is 12.4. The minimum atomic E-state index is -5.08. The smallest absolute Gasteiger partial charge is 0.475 e. The van der Waals surface area contributed by atoms with E-state index in [0.29, 0.717) is 5.54 Å². The Kier molecular flexibility index (Phi) is 14.1. The zero-order valence-electron chi connectivity index (χ0n) is 22.6. The van der Waals surface area contributed by atoms with Gasteiger partial charge in [-0.15, -0.1) is 0 Å². The number of aromatic nitrogens is 1. The Morgan fingerprint density at radius 2 is 1.20 bits per heavy atom. The van der Waals surface area contributed by atoms with Gasteiger partial charge in [0.2, 0.25) is 0 Å². The van der Waals surface area contributed by atoms with E-state index < -0.39 is 36.4 Å². The highest BCUT2D eigenvalue weighted by Gasteiger charge is 2.43. The molecule has 0 amide bonds. The molecule has 3 N–H and O–H groups in total. The summed E-state index contributed by atoms with van der Waals surface area (Å²) in [6, 6.07) is 6.39. The van der Waals surface area contributed by atoms with E-state index in [0.717, 1.165) is 13.1 Å². The number of pyridine rings is 1. The van der Waals surface area contributed by atoms with Gasteiger partial charge in [-0.3, -0.25) is 14.8 Å². The lowest BCUT2D eigenvalue weighted by atomic mass is 9.86. The Balaban J connectivity index is 0.000000379. The minimum Gasteiger partial charge on any atom is -0.475 e. The molecule has 0 radical (unpaired) electrons. The molecule has 4 heterocycles. The molecule has 2 aliphatic heterocycles. The van der Waals surface area contributed by atoms with E-state index in [9.17, 15) is 39.5 Å². The zero-order valence-corrected chi connectivity index (χ0v) is 22.6. The Bertz CT molecular complexity index is 1120. The van der Waals surface area contributed by atoms with E-state index in [1.54, 1.807) is 6.26 Å². The zero-order chi connectivity index (χ0) is 33.8. The minimum absolute atomic E-state index is 0.366. The largest absolute Gasteiger partial charge is 0.490 e. The number of carboxylic acid groups (broad SMARTS) is 3. The van der Waals surface area contributed by atoms with E-state index in [4.69, 9.17) is 34.1 Å². The normalized spacial score (nSPS) is 19.0. The summed E-state index contributed by atoms with van der Waals surface area (Å²) >= 11 is 0. The monoisotopic (exact) mass is 653 g/mol. The third kappa shape index (κ3) is 13.6. The van der Waals surface area contributed by atoms with Crippen molar-refractivity contribution in [3.8, 4) is 0 Å². The van der Waals surface area contributed by atoms with Crippen molar-refractivity contribution in [1.29, 1.82) is 0 Å². The summed E-state index contributed by atoms with van der Waals surface area (Å²) in [5.74, 6) is -8.27. The number of rotatable bonds is 4. The van der Waals surface area contributed by atoms with Crippen LogP contribution in [0.4, 0.5) is 39.5 Å². The molecule has 1 atom stereocenters. The first kappa shape index (κ1) is 38.2. The number of alkyl halides is 9. The number of likely N-dealkylation sites (tertiary alicyclic amines) is 2. The number of hydrogen-bond donors (Lipinski definition) is 3. The number of carboxylic acids is 3. The molecule has 248 valence electrons. The topological polar surface area (TPSA) is 144 Å². The predicted molar refractivity (Wildman–Crippen MR) is 131 cm³/mol. The number of halogens is 9. The fourth-order valence-electron chi connectivity index (χ4n) is 4.39. The van der Waals surface area contributed by atoms with Gasteiger partial charge in [0.15, 0.2) is 0 Å². The number of aliphatic carboxylic acids is 3. The molecule has 2 aromatic heterocycles. The van der Waals surface area contributed by atoms with E-state index in [-0.39, 0.29) is 0 Å². The first-order chi connectivity index (χ1) is 20.2. The number of furan rings is 1. The van der Waals surface area contributed by atoms with Crippen molar-refractivity contribution in [3.63, 3.8) is 0 Å². The molecule has 44 heavy (non-hydrogen) atoms. The molecular weight excluding hydrogens is 625 g/mol. The lowest BCUT2D eigenvalue weighted by molar-refractivity contribution is -0.193. The van der Waals surface area contributed by atoms with Crippen LogP contribution in [0, 0.1) is 0 Å². The maximum Gasteiger partial charge on any atom is 0.490 e. The van der Waals surface area contributed by atoms with Gasteiger partial charge >= 0.3 is 36.4 Å². The maximum absolute atomic E-state index is 10.6. The number of piperidine rings is 1. The third-order valence-corrected chi connectivity index (χ3v) is 6.21. The second-order valence-electron chi connectivity index (χ2n) is 9.46. The molecule has 19 heteroatoms. The Labute approximate surface area is 243 Å². The van der Waals surface area contributed by atoms with Crippen LogP contribution in [0.5, 0.6) is 0 Å². The van der Waals surface area contributed by atoms with Crippen LogP contribution in [0.25, 0.3) is 0 Å². The van der Waals surface area contributed by atoms with Gasteiger partial charge in [0.25, 0.3) is 0 Å². The van der Waals surface area contributed by atoms with Gasteiger partial charge in [-0.2, -0.15) is 39.5 Å². The van der Waals surface area contributed by atoms with Crippen LogP contribution < -0.4 is 0 Å². The average molecular weight is 653 g/mol. The van der Waals surface area contributed by atoms with Gasteiger partial charge in [0.05, 0.1) is 12.5 Å². The summed E-state index contributed by atoms with van der Waals surface area (Å²) in [5.41, 5.74) is 3.04.